The lowest BCUT2D eigenvalue weighted by Gasteiger charge is -2.32. The number of rotatable bonds is 7. The molecule has 2 rings (SSSR count). The highest BCUT2D eigenvalue weighted by Gasteiger charge is 2.29. The molecular weight excluding hydrogens is 282 g/mol. The minimum absolute atomic E-state index is 0.0343. The maximum absolute atomic E-state index is 11.8. The lowest BCUT2D eigenvalue weighted by atomic mass is 9.85. The van der Waals surface area contributed by atoms with E-state index in [2.05, 4.69) is 17.4 Å². The minimum Gasteiger partial charge on any atom is -0.388 e. The van der Waals surface area contributed by atoms with Crippen LogP contribution in [0.5, 0.6) is 0 Å². The Morgan fingerprint density at radius 1 is 1.19 bits per heavy atom. The average Bonchev–Trinajstić information content (AvgIpc) is 2.51. The van der Waals surface area contributed by atoms with E-state index in [0.29, 0.717) is 12.3 Å². The molecule has 1 aliphatic carbocycles. The molecule has 0 spiro atoms. The van der Waals surface area contributed by atoms with Crippen LogP contribution in [0.2, 0.25) is 0 Å². The van der Waals surface area contributed by atoms with Crippen LogP contribution in [0.3, 0.4) is 0 Å². The number of carbonyl (C=O) groups excluding carboxylic acids is 1. The Kier molecular flexibility index (Phi) is 6.58. The summed E-state index contributed by atoms with van der Waals surface area (Å²) < 4.78 is 0. The SMILES string of the molecule is O=C(CSCCc1ccccc1)NCC1(O)CCCCC1. The fraction of sp³-hybridized carbons (Fsp3) is 0.588. The van der Waals surface area contributed by atoms with Gasteiger partial charge in [0.2, 0.25) is 5.91 Å². The van der Waals surface area contributed by atoms with E-state index in [1.807, 2.05) is 18.2 Å². The highest BCUT2D eigenvalue weighted by atomic mass is 32.2. The van der Waals surface area contributed by atoms with Crippen molar-refractivity contribution in [1.29, 1.82) is 0 Å². The van der Waals surface area contributed by atoms with Gasteiger partial charge in [-0.1, -0.05) is 49.6 Å². The molecule has 21 heavy (non-hydrogen) atoms. The molecule has 1 saturated carbocycles. The molecule has 1 aliphatic rings. The molecular formula is C17H25NO2S. The van der Waals surface area contributed by atoms with Crippen molar-refractivity contribution in [2.45, 2.75) is 44.1 Å². The number of hydrogen-bond acceptors (Lipinski definition) is 3. The number of aryl methyl sites for hydroxylation is 1. The normalized spacial score (nSPS) is 17.4. The van der Waals surface area contributed by atoms with Crippen molar-refractivity contribution in [3.05, 3.63) is 35.9 Å². The molecule has 0 aromatic heterocycles. The van der Waals surface area contributed by atoms with E-state index in [1.54, 1.807) is 11.8 Å². The molecule has 2 N–H and O–H groups in total. The van der Waals surface area contributed by atoms with Gasteiger partial charge in [0, 0.05) is 6.54 Å². The van der Waals surface area contributed by atoms with Gasteiger partial charge in [0.25, 0.3) is 0 Å². The smallest absolute Gasteiger partial charge is 0.230 e. The second kappa shape index (κ2) is 8.44. The van der Waals surface area contributed by atoms with Gasteiger partial charge < -0.3 is 10.4 Å². The minimum atomic E-state index is -0.664. The van der Waals surface area contributed by atoms with Crippen LogP contribution in [0.15, 0.2) is 30.3 Å². The molecule has 1 amide bonds. The van der Waals surface area contributed by atoms with Crippen LogP contribution in [-0.2, 0) is 11.2 Å². The largest absolute Gasteiger partial charge is 0.388 e. The summed E-state index contributed by atoms with van der Waals surface area (Å²) in [7, 11) is 0. The maximum Gasteiger partial charge on any atom is 0.230 e. The summed E-state index contributed by atoms with van der Waals surface area (Å²) in [6.45, 7) is 0.408. The van der Waals surface area contributed by atoms with Crippen molar-refractivity contribution >= 4 is 17.7 Å². The summed E-state index contributed by atoms with van der Waals surface area (Å²) in [6, 6.07) is 10.3. The molecule has 0 heterocycles. The van der Waals surface area contributed by atoms with E-state index < -0.39 is 5.60 Å². The number of hydrogen-bond donors (Lipinski definition) is 2. The summed E-state index contributed by atoms with van der Waals surface area (Å²) in [4.78, 5) is 11.8. The van der Waals surface area contributed by atoms with Crippen molar-refractivity contribution in [3.8, 4) is 0 Å². The van der Waals surface area contributed by atoms with Crippen LogP contribution >= 0.6 is 11.8 Å². The van der Waals surface area contributed by atoms with Gasteiger partial charge in [-0.25, -0.2) is 0 Å². The lowest BCUT2D eigenvalue weighted by molar-refractivity contribution is -0.120. The second-order valence-corrected chi connectivity index (χ2v) is 6.96. The second-order valence-electron chi connectivity index (χ2n) is 5.85. The van der Waals surface area contributed by atoms with Crippen molar-refractivity contribution in [3.63, 3.8) is 0 Å². The molecule has 0 aliphatic heterocycles. The zero-order valence-corrected chi connectivity index (χ0v) is 13.3. The lowest BCUT2D eigenvalue weighted by Crippen LogP contribution is -2.44. The van der Waals surface area contributed by atoms with Gasteiger partial charge in [0.05, 0.1) is 11.4 Å². The molecule has 1 aromatic carbocycles. The molecule has 0 unspecified atom stereocenters. The molecule has 116 valence electrons. The summed E-state index contributed by atoms with van der Waals surface area (Å²) in [5.74, 6) is 1.46. The van der Waals surface area contributed by atoms with E-state index >= 15 is 0 Å². The molecule has 1 aromatic rings. The molecule has 1 fully saturated rings. The quantitative estimate of drug-likeness (QED) is 0.762. The van der Waals surface area contributed by atoms with E-state index in [9.17, 15) is 9.90 Å². The van der Waals surface area contributed by atoms with E-state index in [0.717, 1.165) is 37.9 Å². The van der Waals surface area contributed by atoms with Crippen LogP contribution in [0.4, 0.5) is 0 Å². The van der Waals surface area contributed by atoms with Crippen LogP contribution < -0.4 is 5.32 Å². The zero-order chi connectivity index (χ0) is 15.0. The Bertz CT molecular complexity index is 430. The standard InChI is InChI=1S/C17H25NO2S/c19-16(18-14-17(20)10-5-2-6-11-17)13-21-12-9-15-7-3-1-4-8-15/h1,3-4,7-8,20H,2,5-6,9-14H2,(H,18,19). The Morgan fingerprint density at radius 2 is 1.90 bits per heavy atom. The third kappa shape index (κ3) is 6.10. The van der Waals surface area contributed by atoms with Gasteiger partial charge in [0.1, 0.15) is 0 Å². The third-order valence-corrected chi connectivity index (χ3v) is 4.97. The van der Waals surface area contributed by atoms with Crippen molar-refractivity contribution in [2.24, 2.45) is 0 Å². The van der Waals surface area contributed by atoms with Crippen molar-refractivity contribution in [1.82, 2.24) is 5.32 Å². The van der Waals surface area contributed by atoms with Crippen LogP contribution in [0.25, 0.3) is 0 Å². The van der Waals surface area contributed by atoms with Gasteiger partial charge in [-0.3, -0.25) is 4.79 Å². The highest BCUT2D eigenvalue weighted by Crippen LogP contribution is 2.27. The molecule has 0 bridgehead atoms. The Morgan fingerprint density at radius 3 is 2.62 bits per heavy atom. The van der Waals surface area contributed by atoms with E-state index in [1.165, 1.54) is 12.0 Å². The first-order valence-electron chi connectivity index (χ1n) is 7.79. The van der Waals surface area contributed by atoms with Crippen LogP contribution in [0.1, 0.15) is 37.7 Å². The van der Waals surface area contributed by atoms with Crippen LogP contribution in [0, 0.1) is 0 Å². The Hall–Kier alpha value is -1.00. The number of carbonyl (C=O) groups is 1. The monoisotopic (exact) mass is 307 g/mol. The Labute approximate surface area is 131 Å². The van der Waals surface area contributed by atoms with Gasteiger partial charge in [-0.2, -0.15) is 11.8 Å². The number of benzene rings is 1. The number of aliphatic hydroxyl groups is 1. The predicted molar refractivity (Wildman–Crippen MR) is 88.5 cm³/mol. The Balaban J connectivity index is 1.57. The third-order valence-electron chi connectivity index (χ3n) is 4.01. The van der Waals surface area contributed by atoms with Gasteiger partial charge in [0.15, 0.2) is 0 Å². The summed E-state index contributed by atoms with van der Waals surface area (Å²) >= 11 is 1.65. The number of amides is 1. The molecule has 0 atom stereocenters. The van der Waals surface area contributed by atoms with E-state index in [-0.39, 0.29) is 5.91 Å². The summed E-state index contributed by atoms with van der Waals surface area (Å²) in [6.07, 6.45) is 5.95. The summed E-state index contributed by atoms with van der Waals surface area (Å²) in [5, 5.41) is 13.2. The van der Waals surface area contributed by atoms with E-state index in [4.69, 9.17) is 0 Å². The maximum atomic E-state index is 11.8. The van der Waals surface area contributed by atoms with Gasteiger partial charge in [-0.05, 0) is 30.6 Å². The highest BCUT2D eigenvalue weighted by molar-refractivity contribution is 7.99. The summed E-state index contributed by atoms with van der Waals surface area (Å²) in [5.41, 5.74) is 0.643. The van der Waals surface area contributed by atoms with Crippen LogP contribution in [-0.4, -0.2) is 34.7 Å². The molecule has 0 saturated heterocycles. The first kappa shape index (κ1) is 16.4. The van der Waals surface area contributed by atoms with Gasteiger partial charge >= 0.3 is 0 Å². The number of thioether (sulfide) groups is 1. The van der Waals surface area contributed by atoms with Crippen molar-refractivity contribution in [2.75, 3.05) is 18.1 Å². The fourth-order valence-corrected chi connectivity index (χ4v) is 3.51. The first-order chi connectivity index (χ1) is 10.2. The topological polar surface area (TPSA) is 49.3 Å². The first-order valence-corrected chi connectivity index (χ1v) is 8.94. The fourth-order valence-electron chi connectivity index (χ4n) is 2.70. The molecule has 0 radical (unpaired) electrons. The zero-order valence-electron chi connectivity index (χ0n) is 12.5. The van der Waals surface area contributed by atoms with Gasteiger partial charge in [-0.15, -0.1) is 0 Å². The molecule has 3 nitrogen and oxygen atoms in total. The van der Waals surface area contributed by atoms with Crippen molar-refractivity contribution < 1.29 is 9.90 Å². The predicted octanol–water partition coefficient (Wildman–Crippen LogP) is 2.77. The molecule has 4 heteroatoms. The number of nitrogens with one attached hydrogen (secondary N) is 1. The average molecular weight is 307 g/mol.